The van der Waals surface area contributed by atoms with E-state index in [9.17, 15) is 4.79 Å². The second-order valence-electron chi connectivity index (χ2n) is 7.48. The molecule has 1 fully saturated rings. The molecule has 0 radical (unpaired) electrons. The monoisotopic (exact) mass is 423 g/mol. The van der Waals surface area contributed by atoms with Crippen molar-refractivity contribution >= 4 is 36.4 Å². The Balaban J connectivity index is 0.00000196. The molecule has 0 saturated carbocycles. The van der Waals surface area contributed by atoms with Gasteiger partial charge in [0.2, 0.25) is 0 Å². The third-order valence-electron chi connectivity index (χ3n) is 5.33. The van der Waals surface area contributed by atoms with E-state index in [1.165, 1.54) is 24.0 Å². The first-order valence-corrected chi connectivity index (χ1v) is 9.46. The van der Waals surface area contributed by atoms with Crippen LogP contribution in [0.25, 0.3) is 0 Å². The Labute approximate surface area is 180 Å². The van der Waals surface area contributed by atoms with Gasteiger partial charge in [0, 0.05) is 24.3 Å². The van der Waals surface area contributed by atoms with Gasteiger partial charge in [-0.25, -0.2) is 0 Å². The third kappa shape index (κ3) is 6.40. The van der Waals surface area contributed by atoms with Crippen LogP contribution in [-0.2, 0) is 13.1 Å². The van der Waals surface area contributed by atoms with Gasteiger partial charge in [0.05, 0.1) is 0 Å². The lowest BCUT2D eigenvalue weighted by Gasteiger charge is -2.30. The maximum atomic E-state index is 12.6. The molecule has 1 amide bonds. The number of anilines is 1. The fourth-order valence-corrected chi connectivity index (χ4v) is 3.50. The Morgan fingerprint density at radius 3 is 2.43 bits per heavy atom. The highest BCUT2D eigenvalue weighted by Gasteiger charge is 2.17. The van der Waals surface area contributed by atoms with Crippen LogP contribution in [-0.4, -0.2) is 23.9 Å². The van der Waals surface area contributed by atoms with Crippen LogP contribution in [0.3, 0.4) is 0 Å². The zero-order valence-corrected chi connectivity index (χ0v) is 18.2. The Morgan fingerprint density at radius 2 is 1.75 bits per heavy atom. The number of hydrogen-bond donors (Lipinski definition) is 2. The fraction of sp³-hybridized carbons (Fsp3) is 0.409. The van der Waals surface area contributed by atoms with E-state index in [2.05, 4.69) is 35.3 Å². The number of likely N-dealkylation sites (tertiary alicyclic amines) is 1. The van der Waals surface area contributed by atoms with Crippen molar-refractivity contribution in [3.05, 3.63) is 64.7 Å². The molecule has 0 spiro atoms. The number of piperidine rings is 1. The summed E-state index contributed by atoms with van der Waals surface area (Å²) in [5.74, 6) is 0.763. The number of benzene rings is 2. The summed E-state index contributed by atoms with van der Waals surface area (Å²) in [5, 5.41) is 3.05. The lowest BCUT2D eigenvalue weighted by molar-refractivity contribution is 0.0950. The summed E-state index contributed by atoms with van der Waals surface area (Å²) in [6.45, 7) is 8.07. The van der Waals surface area contributed by atoms with Gasteiger partial charge in [-0.1, -0.05) is 37.3 Å². The number of rotatable bonds is 5. The van der Waals surface area contributed by atoms with Gasteiger partial charge in [-0.15, -0.1) is 24.8 Å². The quantitative estimate of drug-likeness (QED) is 0.691. The number of carbonyl (C=O) groups excluding carboxylic acids is 1. The van der Waals surface area contributed by atoms with E-state index in [1.54, 1.807) is 6.07 Å². The molecular weight excluding hydrogens is 393 g/mol. The van der Waals surface area contributed by atoms with Crippen molar-refractivity contribution in [3.63, 3.8) is 0 Å². The number of nitrogen functional groups attached to an aromatic ring is 1. The smallest absolute Gasteiger partial charge is 0.251 e. The second-order valence-corrected chi connectivity index (χ2v) is 7.48. The molecule has 3 N–H and O–H groups in total. The molecule has 154 valence electrons. The van der Waals surface area contributed by atoms with Crippen molar-refractivity contribution < 1.29 is 4.79 Å². The first kappa shape index (κ1) is 24.3. The molecule has 1 aliphatic heterocycles. The van der Waals surface area contributed by atoms with Crippen LogP contribution >= 0.6 is 24.8 Å². The Bertz CT molecular complexity index is 774. The molecule has 6 heteroatoms. The number of carbonyl (C=O) groups is 1. The minimum Gasteiger partial charge on any atom is -0.399 e. The molecule has 3 rings (SSSR count). The van der Waals surface area contributed by atoms with E-state index in [0.29, 0.717) is 17.8 Å². The summed E-state index contributed by atoms with van der Waals surface area (Å²) in [6.07, 6.45) is 2.54. The molecule has 28 heavy (non-hydrogen) atoms. The fourth-order valence-electron chi connectivity index (χ4n) is 3.50. The van der Waals surface area contributed by atoms with Gasteiger partial charge in [-0.05, 0) is 67.6 Å². The molecular formula is C22H31Cl2N3O. The molecule has 0 aromatic heterocycles. The molecule has 0 unspecified atom stereocenters. The summed E-state index contributed by atoms with van der Waals surface area (Å²) in [7, 11) is 0. The standard InChI is InChI=1S/C22H29N3O.2ClH/c1-16-9-11-25(12-10-16)15-19-6-4-3-5-18(19)14-24-22(26)21-13-20(23)8-7-17(21)2;;/h3-8,13,16H,9-12,14-15,23H2,1-2H3,(H,24,26);2*1H. The molecule has 0 bridgehead atoms. The Morgan fingerprint density at radius 1 is 1.11 bits per heavy atom. The first-order valence-electron chi connectivity index (χ1n) is 9.46. The van der Waals surface area contributed by atoms with Crippen LogP contribution < -0.4 is 11.1 Å². The normalized spacial score (nSPS) is 14.6. The van der Waals surface area contributed by atoms with Crippen LogP contribution in [0.2, 0.25) is 0 Å². The summed E-state index contributed by atoms with van der Waals surface area (Å²) < 4.78 is 0. The average Bonchev–Trinajstić information content (AvgIpc) is 2.64. The van der Waals surface area contributed by atoms with Gasteiger partial charge >= 0.3 is 0 Å². The zero-order chi connectivity index (χ0) is 18.5. The van der Waals surface area contributed by atoms with Crippen molar-refractivity contribution in [2.45, 2.75) is 39.8 Å². The van der Waals surface area contributed by atoms with Gasteiger partial charge in [0.25, 0.3) is 5.91 Å². The maximum Gasteiger partial charge on any atom is 0.251 e. The largest absolute Gasteiger partial charge is 0.399 e. The van der Waals surface area contributed by atoms with E-state index < -0.39 is 0 Å². The average molecular weight is 424 g/mol. The summed E-state index contributed by atoms with van der Waals surface area (Å²) in [6, 6.07) is 13.8. The zero-order valence-electron chi connectivity index (χ0n) is 16.6. The van der Waals surface area contributed by atoms with Gasteiger partial charge in [0.1, 0.15) is 0 Å². The molecule has 1 heterocycles. The number of halogens is 2. The van der Waals surface area contributed by atoms with E-state index in [-0.39, 0.29) is 30.7 Å². The van der Waals surface area contributed by atoms with Gasteiger partial charge < -0.3 is 11.1 Å². The van der Waals surface area contributed by atoms with Crippen molar-refractivity contribution in [1.29, 1.82) is 0 Å². The Kier molecular flexibility index (Phi) is 9.80. The maximum absolute atomic E-state index is 12.6. The lowest BCUT2D eigenvalue weighted by atomic mass is 9.98. The highest BCUT2D eigenvalue weighted by molar-refractivity contribution is 5.96. The molecule has 2 aromatic carbocycles. The molecule has 2 aromatic rings. The summed E-state index contributed by atoms with van der Waals surface area (Å²) in [5.41, 5.74) is 10.5. The van der Waals surface area contributed by atoms with Crippen LogP contribution in [0.15, 0.2) is 42.5 Å². The number of nitrogens with zero attached hydrogens (tertiary/aromatic N) is 1. The van der Waals surface area contributed by atoms with E-state index in [1.807, 2.05) is 25.1 Å². The van der Waals surface area contributed by atoms with E-state index >= 15 is 0 Å². The Hall–Kier alpha value is -1.75. The number of amides is 1. The van der Waals surface area contributed by atoms with Gasteiger partial charge in [-0.3, -0.25) is 9.69 Å². The molecule has 0 aliphatic carbocycles. The number of hydrogen-bond acceptors (Lipinski definition) is 3. The topological polar surface area (TPSA) is 58.4 Å². The minimum absolute atomic E-state index is 0. The minimum atomic E-state index is -0.0728. The SMILES string of the molecule is Cc1ccc(N)cc1C(=O)NCc1ccccc1CN1CCC(C)CC1.Cl.Cl. The first-order chi connectivity index (χ1) is 12.5. The van der Waals surface area contributed by atoms with Crippen molar-refractivity contribution in [2.24, 2.45) is 5.92 Å². The summed E-state index contributed by atoms with van der Waals surface area (Å²) in [4.78, 5) is 15.1. The molecule has 1 saturated heterocycles. The molecule has 0 atom stereocenters. The van der Waals surface area contributed by atoms with E-state index in [0.717, 1.165) is 31.1 Å². The predicted octanol–water partition coefficient (Wildman–Crippen LogP) is 4.58. The lowest BCUT2D eigenvalue weighted by Crippen LogP contribution is -2.33. The highest BCUT2D eigenvalue weighted by atomic mass is 35.5. The molecule has 1 aliphatic rings. The van der Waals surface area contributed by atoms with Crippen LogP contribution in [0.1, 0.15) is 46.8 Å². The van der Waals surface area contributed by atoms with Crippen molar-refractivity contribution in [1.82, 2.24) is 10.2 Å². The third-order valence-corrected chi connectivity index (χ3v) is 5.33. The van der Waals surface area contributed by atoms with Crippen molar-refractivity contribution in [3.8, 4) is 0 Å². The van der Waals surface area contributed by atoms with Crippen LogP contribution in [0.5, 0.6) is 0 Å². The van der Waals surface area contributed by atoms with Crippen LogP contribution in [0, 0.1) is 12.8 Å². The number of aryl methyl sites for hydroxylation is 1. The van der Waals surface area contributed by atoms with Gasteiger partial charge in [-0.2, -0.15) is 0 Å². The number of nitrogens with two attached hydrogens (primary N) is 1. The second kappa shape index (κ2) is 11.3. The summed E-state index contributed by atoms with van der Waals surface area (Å²) >= 11 is 0. The van der Waals surface area contributed by atoms with Crippen molar-refractivity contribution in [2.75, 3.05) is 18.8 Å². The number of nitrogens with one attached hydrogen (secondary N) is 1. The predicted molar refractivity (Wildman–Crippen MR) is 121 cm³/mol. The van der Waals surface area contributed by atoms with Gasteiger partial charge in [0.15, 0.2) is 0 Å². The molecule has 4 nitrogen and oxygen atoms in total. The highest BCUT2D eigenvalue weighted by Crippen LogP contribution is 2.20. The van der Waals surface area contributed by atoms with Crippen LogP contribution in [0.4, 0.5) is 5.69 Å². The van der Waals surface area contributed by atoms with E-state index in [4.69, 9.17) is 5.73 Å².